The Morgan fingerprint density at radius 3 is 2.85 bits per heavy atom. The first-order valence-corrected chi connectivity index (χ1v) is 9.64. The van der Waals surface area contributed by atoms with E-state index < -0.39 is 10.9 Å². The molecule has 0 spiro atoms. The third-order valence-electron chi connectivity index (χ3n) is 5.13. The first kappa shape index (κ1) is 17.6. The molecule has 0 aliphatic carbocycles. The monoisotopic (exact) mass is 386 g/mol. The van der Waals surface area contributed by atoms with Gasteiger partial charge in [0.2, 0.25) is 0 Å². The van der Waals surface area contributed by atoms with E-state index in [0.717, 1.165) is 35.0 Å². The number of aromatic nitrogens is 2. The molecule has 2 aromatic heterocycles. The van der Waals surface area contributed by atoms with Crippen molar-refractivity contribution in [2.45, 2.75) is 19.4 Å². The minimum absolute atomic E-state index is 0.0388. The van der Waals surface area contributed by atoms with E-state index in [1.807, 2.05) is 22.0 Å². The van der Waals surface area contributed by atoms with Gasteiger partial charge in [-0.25, -0.2) is 4.98 Å². The lowest BCUT2D eigenvalue weighted by Crippen LogP contribution is -3.12. The lowest BCUT2D eigenvalue weighted by Gasteiger charge is -2.29. The van der Waals surface area contributed by atoms with E-state index in [1.165, 1.54) is 22.3 Å². The van der Waals surface area contributed by atoms with Crippen LogP contribution in [0.1, 0.15) is 18.5 Å². The molecule has 1 saturated heterocycles. The highest BCUT2D eigenvalue weighted by Gasteiger charge is 2.26. The number of thiazole rings is 1. The Morgan fingerprint density at radius 2 is 2.15 bits per heavy atom. The van der Waals surface area contributed by atoms with Crippen LogP contribution in [0.15, 0.2) is 35.8 Å². The van der Waals surface area contributed by atoms with E-state index in [0.29, 0.717) is 19.4 Å². The summed E-state index contributed by atoms with van der Waals surface area (Å²) in [4.78, 5) is 28.6. The van der Waals surface area contributed by atoms with Gasteiger partial charge in [-0.15, -0.1) is 11.3 Å². The second kappa shape index (κ2) is 7.09. The van der Waals surface area contributed by atoms with Gasteiger partial charge < -0.3 is 14.8 Å². The van der Waals surface area contributed by atoms with Crippen LogP contribution < -0.4 is 10.0 Å². The van der Waals surface area contributed by atoms with Crippen molar-refractivity contribution in [2.75, 3.05) is 13.1 Å². The van der Waals surface area contributed by atoms with Crippen molar-refractivity contribution in [3.05, 3.63) is 51.7 Å². The number of rotatable bonds is 5. The van der Waals surface area contributed by atoms with Crippen LogP contribution in [0.2, 0.25) is 0 Å². The van der Waals surface area contributed by atoms with Crippen LogP contribution in [0, 0.1) is 16.0 Å². The molecule has 1 aromatic carbocycles. The molecule has 140 valence electrons. The topological polar surface area (TPSA) is 105 Å². The van der Waals surface area contributed by atoms with Crippen molar-refractivity contribution in [1.29, 1.82) is 0 Å². The molecular formula is C18H18N4O4S. The standard InChI is InChI=1S/C18H18N4O4S/c23-17(24)12-4-6-20(7-5-12)11-15-16(19-18-21(15)8-9-27-18)13-2-1-3-14(10-13)22(25)26/h1-3,8-10,12H,4-7,11H2,(H,23,24). The van der Waals surface area contributed by atoms with E-state index in [4.69, 9.17) is 4.98 Å². The number of carboxylic acid groups (broad SMARTS) is 1. The van der Waals surface area contributed by atoms with Gasteiger partial charge in [0.05, 0.1) is 23.7 Å². The highest BCUT2D eigenvalue weighted by atomic mass is 32.1. The molecule has 0 bridgehead atoms. The van der Waals surface area contributed by atoms with Gasteiger partial charge in [0.1, 0.15) is 12.2 Å². The molecular weight excluding hydrogens is 368 g/mol. The largest absolute Gasteiger partial charge is 0.550 e. The van der Waals surface area contributed by atoms with Crippen LogP contribution in [0.25, 0.3) is 16.2 Å². The number of carbonyl (C=O) groups is 1. The summed E-state index contributed by atoms with van der Waals surface area (Å²) in [5.74, 6) is -1.33. The maximum Gasteiger partial charge on any atom is 0.270 e. The molecule has 1 aliphatic rings. The minimum Gasteiger partial charge on any atom is -0.550 e. The second-order valence-electron chi connectivity index (χ2n) is 6.79. The van der Waals surface area contributed by atoms with Gasteiger partial charge in [0, 0.05) is 54.0 Å². The number of quaternary nitrogens is 1. The molecule has 4 rings (SSSR count). The molecule has 27 heavy (non-hydrogen) atoms. The van der Waals surface area contributed by atoms with Gasteiger partial charge in [-0.2, -0.15) is 0 Å². The summed E-state index contributed by atoms with van der Waals surface area (Å²) in [5.41, 5.74) is 2.50. The molecule has 9 heteroatoms. The molecule has 0 amide bonds. The van der Waals surface area contributed by atoms with E-state index in [2.05, 4.69) is 0 Å². The van der Waals surface area contributed by atoms with Crippen LogP contribution in [0.5, 0.6) is 0 Å². The molecule has 0 radical (unpaired) electrons. The Morgan fingerprint density at radius 1 is 1.37 bits per heavy atom. The average Bonchev–Trinajstić information content (AvgIpc) is 3.25. The molecule has 0 saturated carbocycles. The molecule has 0 unspecified atom stereocenters. The Balaban J connectivity index is 1.65. The van der Waals surface area contributed by atoms with E-state index >= 15 is 0 Å². The summed E-state index contributed by atoms with van der Waals surface area (Å²) in [6.07, 6.45) is 3.17. The van der Waals surface area contributed by atoms with Crippen LogP contribution in [0.3, 0.4) is 0 Å². The van der Waals surface area contributed by atoms with Crippen molar-refractivity contribution in [1.82, 2.24) is 9.38 Å². The first-order valence-electron chi connectivity index (χ1n) is 8.76. The fourth-order valence-corrected chi connectivity index (χ4v) is 4.41. The Bertz CT molecular complexity index is 1000. The van der Waals surface area contributed by atoms with Crippen molar-refractivity contribution in [3.63, 3.8) is 0 Å². The number of piperidine rings is 1. The van der Waals surface area contributed by atoms with Gasteiger partial charge >= 0.3 is 0 Å². The lowest BCUT2D eigenvalue weighted by atomic mass is 9.97. The highest BCUT2D eigenvalue weighted by Crippen LogP contribution is 2.28. The predicted octanol–water partition coefficient (Wildman–Crippen LogP) is 0.516. The zero-order valence-corrected chi connectivity index (χ0v) is 15.3. The zero-order chi connectivity index (χ0) is 19.0. The summed E-state index contributed by atoms with van der Waals surface area (Å²) in [6, 6.07) is 6.52. The molecule has 1 aliphatic heterocycles. The number of likely N-dealkylation sites (tertiary alicyclic amines) is 1. The van der Waals surface area contributed by atoms with E-state index in [9.17, 15) is 20.0 Å². The molecule has 3 heterocycles. The number of benzene rings is 1. The number of carbonyl (C=O) groups excluding carboxylic acids is 1. The SMILES string of the molecule is O=C([O-])C1CC[NH+](Cc2c(-c3cccc([N+](=O)[O-])c3)nc3sccn23)CC1. The number of aliphatic carboxylic acids is 1. The van der Waals surface area contributed by atoms with Crippen LogP contribution in [-0.2, 0) is 11.3 Å². The molecule has 3 aromatic rings. The number of fused-ring (bicyclic) bond motifs is 1. The van der Waals surface area contributed by atoms with Crippen LogP contribution in [-0.4, -0.2) is 33.4 Å². The number of non-ortho nitro benzene ring substituents is 1. The average molecular weight is 386 g/mol. The normalized spacial score (nSPS) is 20.0. The van der Waals surface area contributed by atoms with Gasteiger partial charge in [-0.3, -0.25) is 14.5 Å². The number of carboxylic acids is 1. The Hall–Kier alpha value is -2.78. The predicted molar refractivity (Wildman–Crippen MR) is 97.3 cm³/mol. The van der Waals surface area contributed by atoms with Crippen molar-refractivity contribution < 1.29 is 19.7 Å². The maximum atomic E-state index is 11.1. The van der Waals surface area contributed by atoms with Crippen molar-refractivity contribution in [3.8, 4) is 11.3 Å². The third kappa shape index (κ3) is 3.43. The van der Waals surface area contributed by atoms with Gasteiger partial charge in [-0.05, 0) is 0 Å². The smallest absolute Gasteiger partial charge is 0.270 e. The number of nitrogens with zero attached hydrogens (tertiary/aromatic N) is 3. The molecule has 0 atom stereocenters. The van der Waals surface area contributed by atoms with Gasteiger partial charge in [0.15, 0.2) is 4.96 Å². The quantitative estimate of drug-likeness (QED) is 0.508. The number of imidazole rings is 1. The van der Waals surface area contributed by atoms with E-state index in [1.54, 1.807) is 12.1 Å². The molecule has 8 nitrogen and oxygen atoms in total. The fraction of sp³-hybridized carbons (Fsp3) is 0.333. The highest BCUT2D eigenvalue weighted by molar-refractivity contribution is 7.15. The van der Waals surface area contributed by atoms with Crippen LogP contribution in [0.4, 0.5) is 5.69 Å². The summed E-state index contributed by atoms with van der Waals surface area (Å²) in [6.45, 7) is 2.20. The summed E-state index contributed by atoms with van der Waals surface area (Å²) >= 11 is 1.52. The number of nitro groups is 1. The first-order chi connectivity index (χ1) is 13.0. The lowest BCUT2D eigenvalue weighted by molar-refractivity contribution is -0.919. The Labute approximate surface area is 158 Å². The number of nitro benzene ring substituents is 1. The summed E-state index contributed by atoms with van der Waals surface area (Å²) in [7, 11) is 0. The summed E-state index contributed by atoms with van der Waals surface area (Å²) < 4.78 is 2.02. The Kier molecular flexibility index (Phi) is 4.63. The van der Waals surface area contributed by atoms with Crippen molar-refractivity contribution >= 4 is 28.0 Å². The zero-order valence-electron chi connectivity index (χ0n) is 14.5. The van der Waals surface area contributed by atoms with E-state index in [-0.39, 0.29) is 11.6 Å². The number of hydrogen-bond acceptors (Lipinski definition) is 6. The van der Waals surface area contributed by atoms with Crippen LogP contribution >= 0.6 is 11.3 Å². The number of nitrogens with one attached hydrogen (secondary N) is 1. The maximum absolute atomic E-state index is 11.1. The van der Waals surface area contributed by atoms with Gasteiger partial charge in [0.25, 0.3) is 5.69 Å². The molecule has 1 N–H and O–H groups in total. The van der Waals surface area contributed by atoms with Gasteiger partial charge in [-0.1, -0.05) is 12.1 Å². The summed E-state index contributed by atoms with van der Waals surface area (Å²) in [5, 5.41) is 24.1. The second-order valence-corrected chi connectivity index (χ2v) is 7.66. The minimum atomic E-state index is -0.962. The fourth-order valence-electron chi connectivity index (χ4n) is 3.67. The molecule has 1 fully saturated rings. The third-order valence-corrected chi connectivity index (χ3v) is 5.89. The van der Waals surface area contributed by atoms with Crippen molar-refractivity contribution in [2.24, 2.45) is 5.92 Å². The number of hydrogen-bond donors (Lipinski definition) is 1.